The third-order valence-electron chi connectivity index (χ3n) is 0.850. The summed E-state index contributed by atoms with van der Waals surface area (Å²) < 4.78 is 14.6. The molecule has 0 aromatic rings. The second-order valence-electron chi connectivity index (χ2n) is 1.62. The normalized spacial score (nSPS) is 14.1. The van der Waals surface area contributed by atoms with E-state index in [1.165, 1.54) is 14.0 Å². The van der Waals surface area contributed by atoms with Gasteiger partial charge in [0.25, 0.3) is 0 Å². The fraction of sp³-hybridized carbons (Fsp3) is 0.750. The van der Waals surface area contributed by atoms with Crippen molar-refractivity contribution in [3.8, 4) is 0 Å². The highest BCUT2D eigenvalue weighted by molar-refractivity contribution is 7.72. The molecule has 10 heavy (non-hydrogen) atoms. The Morgan fingerprint density at radius 2 is 2.30 bits per heavy atom. The predicted octanol–water partition coefficient (Wildman–Crippen LogP) is 1.03. The Morgan fingerprint density at radius 3 is 2.60 bits per heavy atom. The van der Waals surface area contributed by atoms with Crippen molar-refractivity contribution >= 4 is 24.5 Å². The molecule has 1 unspecified atom stereocenters. The molecule has 0 bridgehead atoms. The van der Waals surface area contributed by atoms with E-state index < -0.39 is 19.3 Å². The van der Waals surface area contributed by atoms with Gasteiger partial charge in [0.15, 0.2) is 0 Å². The molecule has 1 N–H and O–H groups in total. The van der Waals surface area contributed by atoms with Crippen molar-refractivity contribution < 1.29 is 14.1 Å². The van der Waals surface area contributed by atoms with Crippen LogP contribution in [0, 0.1) is 0 Å². The molecule has 0 rings (SSSR count). The van der Waals surface area contributed by atoms with Crippen molar-refractivity contribution in [2.75, 3.05) is 7.11 Å². The molecule has 4 nitrogen and oxygen atoms in total. The van der Waals surface area contributed by atoms with E-state index in [-0.39, 0.29) is 0 Å². The summed E-state index contributed by atoms with van der Waals surface area (Å²) in [6.07, 6.45) is 0. The molecule has 0 amide bonds. The lowest BCUT2D eigenvalue weighted by Crippen LogP contribution is -2.29. The van der Waals surface area contributed by atoms with Gasteiger partial charge in [-0.05, 0) is 11.5 Å². The molecule has 0 radical (unpaired) electrons. The van der Waals surface area contributed by atoms with Gasteiger partial charge in [-0.3, -0.25) is 4.79 Å². The average molecular weight is 185 g/mol. The number of halogens is 1. The van der Waals surface area contributed by atoms with Gasteiger partial charge in [0, 0.05) is 0 Å². The summed E-state index contributed by atoms with van der Waals surface area (Å²) in [6.45, 7) is 1.52. The first kappa shape index (κ1) is 9.82. The van der Waals surface area contributed by atoms with E-state index in [0.29, 0.717) is 0 Å². The molecule has 6 heteroatoms. The maximum absolute atomic E-state index is 10.6. The Balaban J connectivity index is 3.72. The summed E-state index contributed by atoms with van der Waals surface area (Å²) in [5.41, 5.74) is 0. The molecule has 0 aromatic carbocycles. The van der Waals surface area contributed by atoms with Gasteiger partial charge in [-0.1, -0.05) is 5.09 Å². The second kappa shape index (κ2) is 4.61. The molecule has 58 valence electrons. The summed E-state index contributed by atoms with van der Waals surface area (Å²) in [6, 6.07) is -0.619. The summed E-state index contributed by atoms with van der Waals surface area (Å²) in [4.78, 5) is 10.6. The number of methoxy groups -OCH3 is 1. The minimum Gasteiger partial charge on any atom is -0.468 e. The number of esters is 1. The van der Waals surface area contributed by atoms with E-state index in [1.54, 1.807) is 0 Å². The van der Waals surface area contributed by atoms with E-state index >= 15 is 0 Å². The van der Waals surface area contributed by atoms with Gasteiger partial charge in [-0.2, -0.15) is 0 Å². The van der Waals surface area contributed by atoms with E-state index in [2.05, 4.69) is 9.82 Å². The molecule has 0 spiro atoms. The van der Waals surface area contributed by atoms with Gasteiger partial charge in [0.05, 0.1) is 7.11 Å². The lowest BCUT2D eigenvalue weighted by Gasteiger charge is -2.00. The molecule has 0 aliphatic carbocycles. The summed E-state index contributed by atoms with van der Waals surface area (Å²) >= 11 is 5.06. The molecular weight excluding hydrogens is 176 g/mol. The lowest BCUT2D eigenvalue weighted by atomic mass is 10.4. The minimum atomic E-state index is -2.01. The smallest absolute Gasteiger partial charge is 0.468 e. The van der Waals surface area contributed by atoms with Crippen LogP contribution in [0.1, 0.15) is 6.92 Å². The summed E-state index contributed by atoms with van der Waals surface area (Å²) in [5.74, 6) is -0.482. The van der Waals surface area contributed by atoms with Gasteiger partial charge < -0.3 is 4.74 Å². The Labute approximate surface area is 64.5 Å². The molecular formula is C4H8ClNO3P+. The monoisotopic (exact) mass is 184 g/mol. The van der Waals surface area contributed by atoms with Crippen LogP contribution in [-0.4, -0.2) is 19.1 Å². The van der Waals surface area contributed by atoms with Crippen molar-refractivity contribution in [2.24, 2.45) is 0 Å². The summed E-state index contributed by atoms with van der Waals surface area (Å²) in [7, 11) is -0.755. The standard InChI is InChI=1S/C4H8ClNO3P/c1-3(4(7)9-2)6-10(5)8/h3H,1-2H3,(H,6,8)/q+1/t3-/m0/s1. The van der Waals surface area contributed by atoms with Gasteiger partial charge >= 0.3 is 13.3 Å². The number of hydrogen-bond acceptors (Lipinski definition) is 3. The fourth-order valence-corrected chi connectivity index (χ4v) is 1.23. The maximum Gasteiger partial charge on any atom is 0.554 e. The van der Waals surface area contributed by atoms with Crippen LogP contribution in [0.25, 0.3) is 0 Å². The van der Waals surface area contributed by atoms with E-state index in [9.17, 15) is 9.36 Å². The van der Waals surface area contributed by atoms with Gasteiger partial charge in [0.1, 0.15) is 6.04 Å². The van der Waals surface area contributed by atoms with Crippen LogP contribution in [0.5, 0.6) is 0 Å². The van der Waals surface area contributed by atoms with Gasteiger partial charge in [-0.15, -0.1) is 0 Å². The highest BCUT2D eigenvalue weighted by Gasteiger charge is 2.22. The van der Waals surface area contributed by atoms with Crippen molar-refractivity contribution in [1.82, 2.24) is 5.09 Å². The van der Waals surface area contributed by atoms with Crippen LogP contribution in [0.3, 0.4) is 0 Å². The van der Waals surface area contributed by atoms with Crippen molar-refractivity contribution in [3.63, 3.8) is 0 Å². The minimum absolute atomic E-state index is 0.482. The van der Waals surface area contributed by atoms with Crippen LogP contribution >= 0.6 is 18.5 Å². The molecule has 0 heterocycles. The molecule has 0 aliphatic rings. The van der Waals surface area contributed by atoms with Crippen molar-refractivity contribution in [1.29, 1.82) is 0 Å². The third-order valence-corrected chi connectivity index (χ3v) is 1.73. The van der Waals surface area contributed by atoms with Crippen LogP contribution in [0.15, 0.2) is 0 Å². The molecule has 0 aliphatic heterocycles. The highest BCUT2D eigenvalue weighted by atomic mass is 35.7. The Bertz CT molecular complexity index is 151. The quantitative estimate of drug-likeness (QED) is 0.526. The molecule has 0 fully saturated rings. The van der Waals surface area contributed by atoms with Crippen LogP contribution in [0.2, 0.25) is 0 Å². The van der Waals surface area contributed by atoms with E-state index in [1.807, 2.05) is 0 Å². The van der Waals surface area contributed by atoms with E-state index in [0.717, 1.165) is 0 Å². The largest absolute Gasteiger partial charge is 0.554 e. The lowest BCUT2D eigenvalue weighted by molar-refractivity contribution is -0.142. The molecule has 2 atom stereocenters. The van der Waals surface area contributed by atoms with Gasteiger partial charge in [-0.25, -0.2) is 0 Å². The number of hydrogen-bond donors (Lipinski definition) is 1. The third kappa shape index (κ3) is 3.77. The zero-order chi connectivity index (χ0) is 8.15. The number of carbonyl (C=O) groups excluding carboxylic acids is 1. The fourth-order valence-electron chi connectivity index (χ4n) is 0.382. The molecule has 0 saturated heterocycles. The van der Waals surface area contributed by atoms with Crippen LogP contribution in [0.4, 0.5) is 0 Å². The first-order valence-corrected chi connectivity index (χ1v) is 4.71. The highest BCUT2D eigenvalue weighted by Crippen LogP contribution is 2.20. The number of nitrogens with one attached hydrogen (secondary N) is 1. The Morgan fingerprint density at radius 1 is 1.80 bits per heavy atom. The number of rotatable bonds is 3. The van der Waals surface area contributed by atoms with Crippen molar-refractivity contribution in [2.45, 2.75) is 13.0 Å². The number of carbonyl (C=O) groups is 1. The van der Waals surface area contributed by atoms with Gasteiger partial charge in [0.2, 0.25) is 11.2 Å². The second-order valence-corrected chi connectivity index (χ2v) is 3.29. The maximum atomic E-state index is 10.6. The molecule has 0 aromatic heterocycles. The zero-order valence-corrected chi connectivity index (χ0v) is 7.28. The van der Waals surface area contributed by atoms with Crippen LogP contribution in [-0.2, 0) is 14.1 Å². The average Bonchev–Trinajstić information content (AvgIpc) is 1.85. The van der Waals surface area contributed by atoms with E-state index in [4.69, 9.17) is 11.2 Å². The summed E-state index contributed by atoms with van der Waals surface area (Å²) in [5, 5.41) is 2.29. The Hall–Kier alpha value is -0.180. The Kier molecular flexibility index (Phi) is 4.52. The van der Waals surface area contributed by atoms with Crippen molar-refractivity contribution in [3.05, 3.63) is 0 Å². The predicted molar refractivity (Wildman–Crippen MR) is 38.1 cm³/mol. The first-order valence-electron chi connectivity index (χ1n) is 2.55. The number of ether oxygens (including phenoxy) is 1. The molecule has 0 saturated carbocycles. The van der Waals surface area contributed by atoms with Crippen LogP contribution < -0.4 is 5.09 Å². The zero-order valence-electron chi connectivity index (χ0n) is 5.63. The SMILES string of the molecule is COC(=O)[C@H](C)N[P+](=O)Cl. The first-order chi connectivity index (χ1) is 4.57. The topological polar surface area (TPSA) is 55.4 Å².